The van der Waals surface area contributed by atoms with E-state index in [1.165, 1.54) is 12.4 Å². The van der Waals surface area contributed by atoms with Gasteiger partial charge in [0.1, 0.15) is 5.69 Å². The first kappa shape index (κ1) is 11.4. The molecule has 2 aromatic heterocycles. The minimum atomic E-state index is -0.609. The molecule has 2 aromatic rings. The number of rotatable bonds is 4. The number of aromatic nitrogens is 4. The Balaban J connectivity index is 2.31. The van der Waals surface area contributed by atoms with Crippen LogP contribution in [0.5, 0.6) is 5.88 Å². The summed E-state index contributed by atoms with van der Waals surface area (Å²) in [5.74, 6) is -0.205. The Morgan fingerprint density at radius 1 is 1.47 bits per heavy atom. The molecule has 0 saturated heterocycles. The average Bonchev–Trinajstić information content (AvgIpc) is 2.79. The van der Waals surface area contributed by atoms with Crippen LogP contribution in [-0.4, -0.2) is 32.7 Å². The van der Waals surface area contributed by atoms with E-state index in [0.717, 1.165) is 11.3 Å². The highest BCUT2D eigenvalue weighted by Gasteiger charge is 2.12. The third-order valence-electron chi connectivity index (χ3n) is 1.76. The molecule has 0 aromatic carbocycles. The number of hydrogen-bond acceptors (Lipinski definition) is 7. The number of nitrogens with two attached hydrogens (primary N) is 1. The lowest BCUT2D eigenvalue weighted by Crippen LogP contribution is -2.10. The van der Waals surface area contributed by atoms with Crippen molar-refractivity contribution in [2.24, 2.45) is 5.73 Å². The number of hydrogen-bond donors (Lipinski definition) is 1. The van der Waals surface area contributed by atoms with Crippen molar-refractivity contribution in [1.82, 2.24) is 20.2 Å². The maximum absolute atomic E-state index is 10.9. The Kier molecular flexibility index (Phi) is 3.24. The summed E-state index contributed by atoms with van der Waals surface area (Å²) in [6, 6.07) is 0. The number of ether oxygens (including phenoxy) is 1. The Hall–Kier alpha value is -2.09. The Morgan fingerprint density at radius 2 is 2.29 bits per heavy atom. The van der Waals surface area contributed by atoms with E-state index in [1.54, 1.807) is 0 Å². The van der Waals surface area contributed by atoms with Crippen molar-refractivity contribution < 1.29 is 9.53 Å². The molecule has 2 N–H and O–H groups in total. The van der Waals surface area contributed by atoms with Crippen molar-refractivity contribution in [2.45, 2.75) is 6.92 Å². The van der Waals surface area contributed by atoms with Crippen molar-refractivity contribution in [2.75, 3.05) is 6.61 Å². The predicted octanol–water partition coefficient (Wildman–Crippen LogP) is 0.493. The van der Waals surface area contributed by atoms with Gasteiger partial charge < -0.3 is 10.5 Å². The fourth-order valence-electron chi connectivity index (χ4n) is 1.09. The van der Waals surface area contributed by atoms with Crippen molar-refractivity contribution in [3.05, 3.63) is 17.4 Å². The molecule has 0 bridgehead atoms. The van der Waals surface area contributed by atoms with Gasteiger partial charge in [-0.3, -0.25) is 9.78 Å². The third kappa shape index (κ3) is 2.53. The van der Waals surface area contributed by atoms with E-state index in [2.05, 4.69) is 20.2 Å². The van der Waals surface area contributed by atoms with Gasteiger partial charge in [0.25, 0.3) is 5.91 Å². The van der Waals surface area contributed by atoms with Crippen molar-refractivity contribution in [3.63, 3.8) is 0 Å². The summed E-state index contributed by atoms with van der Waals surface area (Å²) < 4.78 is 5.21. The first-order valence-corrected chi connectivity index (χ1v) is 5.61. The highest BCUT2D eigenvalue weighted by atomic mass is 32.1. The van der Waals surface area contributed by atoms with Gasteiger partial charge in [-0.15, -0.1) is 10.2 Å². The summed E-state index contributed by atoms with van der Waals surface area (Å²) >= 11 is 1.07. The molecule has 7 nitrogen and oxygen atoms in total. The van der Waals surface area contributed by atoms with Gasteiger partial charge in [0.15, 0.2) is 5.01 Å². The molecule has 17 heavy (non-hydrogen) atoms. The Morgan fingerprint density at radius 3 is 2.94 bits per heavy atom. The summed E-state index contributed by atoms with van der Waals surface area (Å²) in [5, 5.41) is 8.09. The molecule has 2 rings (SSSR count). The molecule has 0 aliphatic rings. The second kappa shape index (κ2) is 4.83. The zero-order valence-electron chi connectivity index (χ0n) is 8.95. The van der Waals surface area contributed by atoms with E-state index in [9.17, 15) is 4.79 Å². The predicted molar refractivity (Wildman–Crippen MR) is 60.6 cm³/mol. The lowest BCUT2D eigenvalue weighted by Gasteiger charge is -2.01. The van der Waals surface area contributed by atoms with Crippen LogP contribution in [-0.2, 0) is 0 Å². The smallest absolute Gasteiger partial charge is 0.279 e. The topological polar surface area (TPSA) is 104 Å². The summed E-state index contributed by atoms with van der Waals surface area (Å²) in [6.45, 7) is 2.35. The average molecular weight is 251 g/mol. The highest BCUT2D eigenvalue weighted by molar-refractivity contribution is 7.16. The molecule has 0 aliphatic heterocycles. The Bertz CT molecular complexity index is 542. The van der Waals surface area contributed by atoms with Crippen LogP contribution in [0.3, 0.4) is 0 Å². The van der Waals surface area contributed by atoms with Crippen LogP contribution >= 0.6 is 11.3 Å². The van der Waals surface area contributed by atoms with E-state index in [-0.39, 0.29) is 5.01 Å². The van der Waals surface area contributed by atoms with Gasteiger partial charge in [0.05, 0.1) is 19.0 Å². The number of nitrogens with zero attached hydrogens (tertiary/aromatic N) is 4. The van der Waals surface area contributed by atoms with Gasteiger partial charge in [0, 0.05) is 0 Å². The number of carbonyl (C=O) groups excluding carboxylic acids is 1. The standard InChI is InChI=1S/C9H9N5O2S/c1-2-16-6-4-11-3-5(12-6)8-13-14-9(17-8)7(10)15/h3-4H,2H2,1H3,(H2,10,15). The summed E-state index contributed by atoms with van der Waals surface area (Å²) in [7, 11) is 0. The molecule has 0 unspecified atom stereocenters. The maximum atomic E-state index is 10.9. The minimum absolute atomic E-state index is 0.142. The molecule has 1 amide bonds. The molecule has 0 atom stereocenters. The minimum Gasteiger partial charge on any atom is -0.477 e. The second-order valence-corrected chi connectivity index (χ2v) is 3.93. The zero-order valence-corrected chi connectivity index (χ0v) is 9.77. The quantitative estimate of drug-likeness (QED) is 0.848. The number of amides is 1. The first-order valence-electron chi connectivity index (χ1n) is 4.79. The van der Waals surface area contributed by atoms with Gasteiger partial charge >= 0.3 is 0 Å². The van der Waals surface area contributed by atoms with Crippen molar-refractivity contribution in [3.8, 4) is 16.6 Å². The molecule has 0 aliphatic carbocycles. The summed E-state index contributed by atoms with van der Waals surface area (Å²) in [6.07, 6.45) is 3.02. The molecule has 0 spiro atoms. The number of carbonyl (C=O) groups is 1. The van der Waals surface area contributed by atoms with Gasteiger partial charge in [-0.2, -0.15) is 0 Å². The molecule has 8 heteroatoms. The lowest BCUT2D eigenvalue weighted by atomic mass is 10.5. The lowest BCUT2D eigenvalue weighted by molar-refractivity contribution is 0.0999. The molecule has 88 valence electrons. The van der Waals surface area contributed by atoms with Crippen LogP contribution < -0.4 is 10.5 Å². The van der Waals surface area contributed by atoms with Crippen molar-refractivity contribution >= 4 is 17.2 Å². The SMILES string of the molecule is CCOc1cncc(-c2nnc(C(N)=O)s2)n1. The fourth-order valence-corrected chi connectivity index (χ4v) is 1.74. The first-order chi connectivity index (χ1) is 8.20. The van der Waals surface area contributed by atoms with Gasteiger partial charge in [-0.25, -0.2) is 4.98 Å². The van der Waals surface area contributed by atoms with Crippen LogP contribution in [0.4, 0.5) is 0 Å². The molecular weight excluding hydrogens is 242 g/mol. The van der Waals surface area contributed by atoms with Gasteiger partial charge in [0.2, 0.25) is 10.9 Å². The van der Waals surface area contributed by atoms with Crippen LogP contribution in [0, 0.1) is 0 Å². The van der Waals surface area contributed by atoms with E-state index in [4.69, 9.17) is 10.5 Å². The van der Waals surface area contributed by atoms with Gasteiger partial charge in [-0.05, 0) is 6.92 Å². The van der Waals surface area contributed by atoms with Crippen LogP contribution in [0.15, 0.2) is 12.4 Å². The molecule has 0 fully saturated rings. The van der Waals surface area contributed by atoms with Crippen molar-refractivity contribution in [1.29, 1.82) is 0 Å². The highest BCUT2D eigenvalue weighted by Crippen LogP contribution is 2.22. The largest absolute Gasteiger partial charge is 0.477 e. The molecule has 0 saturated carbocycles. The summed E-state index contributed by atoms with van der Waals surface area (Å²) in [5.41, 5.74) is 5.59. The molecule has 2 heterocycles. The summed E-state index contributed by atoms with van der Waals surface area (Å²) in [4.78, 5) is 19.0. The number of primary amides is 1. The maximum Gasteiger partial charge on any atom is 0.279 e. The third-order valence-corrected chi connectivity index (χ3v) is 2.72. The van der Waals surface area contributed by atoms with E-state index in [1.807, 2.05) is 6.92 Å². The molecule has 0 radical (unpaired) electrons. The molecular formula is C9H9N5O2S. The monoisotopic (exact) mass is 251 g/mol. The van der Waals surface area contributed by atoms with Crippen LogP contribution in [0.1, 0.15) is 16.7 Å². The Labute approximate surface area is 101 Å². The normalized spacial score (nSPS) is 10.2. The van der Waals surface area contributed by atoms with E-state index in [0.29, 0.717) is 23.2 Å². The zero-order chi connectivity index (χ0) is 12.3. The second-order valence-electron chi connectivity index (χ2n) is 2.95. The van der Waals surface area contributed by atoms with Gasteiger partial charge in [-0.1, -0.05) is 11.3 Å². The van der Waals surface area contributed by atoms with Crippen LogP contribution in [0.25, 0.3) is 10.7 Å². The fraction of sp³-hybridized carbons (Fsp3) is 0.222. The van der Waals surface area contributed by atoms with Crippen LogP contribution in [0.2, 0.25) is 0 Å². The van der Waals surface area contributed by atoms with E-state index < -0.39 is 5.91 Å². The van der Waals surface area contributed by atoms with E-state index >= 15 is 0 Å².